The van der Waals surface area contributed by atoms with Crippen LogP contribution in [0.25, 0.3) is 0 Å². The lowest BCUT2D eigenvalue weighted by Gasteiger charge is -2.34. The SMILES string of the molecule is Cc1nn(CCO)c(C)c1CNC1CCN(c2cccc(F)c2)CC1. The maximum absolute atomic E-state index is 13.4. The highest BCUT2D eigenvalue weighted by Crippen LogP contribution is 2.21. The van der Waals surface area contributed by atoms with Crippen molar-refractivity contribution in [2.75, 3.05) is 24.6 Å². The molecular formula is C19H27FN4O. The van der Waals surface area contributed by atoms with E-state index in [1.165, 1.54) is 11.6 Å². The van der Waals surface area contributed by atoms with Crippen LogP contribution in [-0.2, 0) is 13.1 Å². The van der Waals surface area contributed by atoms with Gasteiger partial charge in [0, 0.05) is 42.6 Å². The molecule has 25 heavy (non-hydrogen) atoms. The van der Waals surface area contributed by atoms with Crippen LogP contribution in [0.4, 0.5) is 10.1 Å². The van der Waals surface area contributed by atoms with E-state index in [4.69, 9.17) is 5.11 Å². The molecule has 6 heteroatoms. The first-order valence-electron chi connectivity index (χ1n) is 8.96. The van der Waals surface area contributed by atoms with Crippen molar-refractivity contribution in [1.82, 2.24) is 15.1 Å². The minimum Gasteiger partial charge on any atom is -0.394 e. The molecular weight excluding hydrogens is 319 g/mol. The molecule has 1 saturated heterocycles. The smallest absolute Gasteiger partial charge is 0.125 e. The summed E-state index contributed by atoms with van der Waals surface area (Å²) in [6.45, 7) is 7.38. The van der Waals surface area contributed by atoms with E-state index in [0.717, 1.165) is 49.6 Å². The van der Waals surface area contributed by atoms with Crippen molar-refractivity contribution in [3.8, 4) is 0 Å². The second kappa shape index (κ2) is 7.97. The molecule has 0 bridgehead atoms. The molecule has 1 fully saturated rings. The maximum atomic E-state index is 13.4. The number of aryl methyl sites for hydroxylation is 1. The molecule has 0 radical (unpaired) electrons. The molecule has 1 aromatic carbocycles. The Morgan fingerprint density at radius 2 is 2.04 bits per heavy atom. The largest absolute Gasteiger partial charge is 0.394 e. The molecule has 0 spiro atoms. The Labute approximate surface area is 148 Å². The van der Waals surface area contributed by atoms with Gasteiger partial charge in [-0.05, 0) is 44.9 Å². The number of anilines is 1. The second-order valence-corrected chi connectivity index (χ2v) is 6.72. The highest BCUT2D eigenvalue weighted by molar-refractivity contribution is 5.46. The van der Waals surface area contributed by atoms with E-state index >= 15 is 0 Å². The van der Waals surface area contributed by atoms with E-state index in [2.05, 4.69) is 22.2 Å². The highest BCUT2D eigenvalue weighted by Gasteiger charge is 2.20. The summed E-state index contributed by atoms with van der Waals surface area (Å²) < 4.78 is 15.3. The number of rotatable bonds is 6. The number of benzene rings is 1. The van der Waals surface area contributed by atoms with Gasteiger partial charge >= 0.3 is 0 Å². The average Bonchev–Trinajstić information content (AvgIpc) is 2.87. The Bertz CT molecular complexity index is 707. The normalized spacial score (nSPS) is 15.8. The van der Waals surface area contributed by atoms with E-state index in [1.807, 2.05) is 17.7 Å². The third-order valence-corrected chi connectivity index (χ3v) is 5.08. The summed E-state index contributed by atoms with van der Waals surface area (Å²) in [5.74, 6) is -0.177. The maximum Gasteiger partial charge on any atom is 0.125 e. The molecule has 2 heterocycles. The highest BCUT2D eigenvalue weighted by atomic mass is 19.1. The Hall–Kier alpha value is -1.92. The van der Waals surface area contributed by atoms with Gasteiger partial charge in [0.05, 0.1) is 18.8 Å². The van der Waals surface area contributed by atoms with Crippen molar-refractivity contribution in [2.45, 2.75) is 45.8 Å². The second-order valence-electron chi connectivity index (χ2n) is 6.72. The summed E-state index contributed by atoms with van der Waals surface area (Å²) in [5.41, 5.74) is 4.34. The first-order valence-corrected chi connectivity index (χ1v) is 8.96. The van der Waals surface area contributed by atoms with Gasteiger partial charge in [-0.25, -0.2) is 4.39 Å². The zero-order valence-corrected chi connectivity index (χ0v) is 15.0. The van der Waals surface area contributed by atoms with Gasteiger partial charge in [0.2, 0.25) is 0 Å². The van der Waals surface area contributed by atoms with Crippen LogP contribution >= 0.6 is 0 Å². The van der Waals surface area contributed by atoms with Gasteiger partial charge < -0.3 is 15.3 Å². The van der Waals surface area contributed by atoms with Gasteiger partial charge in [-0.2, -0.15) is 5.10 Å². The zero-order chi connectivity index (χ0) is 17.8. The Balaban J connectivity index is 1.53. The first-order chi connectivity index (χ1) is 12.1. The molecule has 1 aliphatic rings. The van der Waals surface area contributed by atoms with Crippen LogP contribution in [0, 0.1) is 19.7 Å². The summed E-state index contributed by atoms with van der Waals surface area (Å²) in [7, 11) is 0. The topological polar surface area (TPSA) is 53.3 Å². The number of aliphatic hydroxyl groups is 1. The van der Waals surface area contributed by atoms with E-state index in [1.54, 1.807) is 12.1 Å². The van der Waals surface area contributed by atoms with E-state index in [0.29, 0.717) is 12.6 Å². The minimum atomic E-state index is -0.177. The van der Waals surface area contributed by atoms with Crippen LogP contribution in [0.15, 0.2) is 24.3 Å². The first kappa shape index (κ1) is 17.9. The monoisotopic (exact) mass is 346 g/mol. The van der Waals surface area contributed by atoms with Crippen molar-refractivity contribution >= 4 is 5.69 Å². The number of nitrogens with one attached hydrogen (secondary N) is 1. The van der Waals surface area contributed by atoms with Gasteiger partial charge in [-0.1, -0.05) is 6.07 Å². The number of piperidine rings is 1. The molecule has 1 aromatic heterocycles. The summed E-state index contributed by atoms with van der Waals surface area (Å²) in [5, 5.41) is 17.2. The average molecular weight is 346 g/mol. The predicted molar refractivity (Wildman–Crippen MR) is 97.3 cm³/mol. The molecule has 5 nitrogen and oxygen atoms in total. The van der Waals surface area contributed by atoms with Crippen LogP contribution < -0.4 is 10.2 Å². The standard InChI is InChI=1S/C19H27FN4O/c1-14-19(15(2)24(22-14)10-11-25)13-21-17-6-8-23(9-7-17)18-5-3-4-16(20)12-18/h3-5,12,17,21,25H,6-11,13H2,1-2H3. The van der Waals surface area contributed by atoms with Crippen LogP contribution in [0.2, 0.25) is 0 Å². The van der Waals surface area contributed by atoms with Crippen LogP contribution in [0.1, 0.15) is 29.8 Å². The Morgan fingerprint density at radius 3 is 2.72 bits per heavy atom. The van der Waals surface area contributed by atoms with Crippen LogP contribution in [0.5, 0.6) is 0 Å². The lowest BCUT2D eigenvalue weighted by molar-refractivity contribution is 0.267. The minimum absolute atomic E-state index is 0.105. The van der Waals surface area contributed by atoms with Crippen molar-refractivity contribution in [3.05, 3.63) is 47.0 Å². The number of halogens is 1. The molecule has 0 saturated carbocycles. The van der Waals surface area contributed by atoms with Crippen molar-refractivity contribution in [3.63, 3.8) is 0 Å². The van der Waals surface area contributed by atoms with Gasteiger partial charge in [0.25, 0.3) is 0 Å². The van der Waals surface area contributed by atoms with Crippen molar-refractivity contribution < 1.29 is 9.50 Å². The van der Waals surface area contributed by atoms with Crippen molar-refractivity contribution in [1.29, 1.82) is 0 Å². The summed E-state index contributed by atoms with van der Waals surface area (Å²) in [6.07, 6.45) is 2.08. The third-order valence-electron chi connectivity index (χ3n) is 5.08. The fourth-order valence-corrected chi connectivity index (χ4v) is 3.56. The van der Waals surface area contributed by atoms with Gasteiger partial charge in [-0.15, -0.1) is 0 Å². The molecule has 1 aliphatic heterocycles. The molecule has 0 unspecified atom stereocenters. The quantitative estimate of drug-likeness (QED) is 0.843. The fourth-order valence-electron chi connectivity index (χ4n) is 3.56. The fraction of sp³-hybridized carbons (Fsp3) is 0.526. The molecule has 2 aromatic rings. The van der Waals surface area contributed by atoms with Crippen LogP contribution in [-0.4, -0.2) is 40.6 Å². The summed E-state index contributed by atoms with van der Waals surface area (Å²) in [4.78, 5) is 2.25. The predicted octanol–water partition coefficient (Wildman–Crippen LogP) is 2.39. The molecule has 3 rings (SSSR count). The lowest BCUT2D eigenvalue weighted by Crippen LogP contribution is -2.42. The molecule has 0 amide bonds. The van der Waals surface area contributed by atoms with Crippen molar-refractivity contribution in [2.24, 2.45) is 0 Å². The van der Waals surface area contributed by atoms with Gasteiger partial charge in [0.15, 0.2) is 0 Å². The summed E-state index contributed by atoms with van der Waals surface area (Å²) in [6, 6.07) is 7.30. The molecule has 0 aliphatic carbocycles. The molecule has 0 atom stereocenters. The van der Waals surface area contributed by atoms with E-state index < -0.39 is 0 Å². The van der Waals surface area contributed by atoms with E-state index in [-0.39, 0.29) is 12.4 Å². The van der Waals surface area contributed by atoms with Crippen LogP contribution in [0.3, 0.4) is 0 Å². The molecule has 136 valence electrons. The number of aliphatic hydroxyl groups excluding tert-OH is 1. The Morgan fingerprint density at radius 1 is 1.28 bits per heavy atom. The van der Waals surface area contributed by atoms with Gasteiger partial charge in [-0.3, -0.25) is 4.68 Å². The number of nitrogens with zero attached hydrogens (tertiary/aromatic N) is 3. The number of hydrogen-bond donors (Lipinski definition) is 2. The zero-order valence-electron chi connectivity index (χ0n) is 15.0. The Kier molecular flexibility index (Phi) is 5.71. The third kappa shape index (κ3) is 4.19. The van der Waals surface area contributed by atoms with Gasteiger partial charge in [0.1, 0.15) is 5.82 Å². The van der Waals surface area contributed by atoms with E-state index in [9.17, 15) is 4.39 Å². The summed E-state index contributed by atoms with van der Waals surface area (Å²) >= 11 is 0. The number of hydrogen-bond acceptors (Lipinski definition) is 4. The number of aromatic nitrogens is 2. The molecule has 2 N–H and O–H groups in total. The lowest BCUT2D eigenvalue weighted by atomic mass is 10.0.